The highest BCUT2D eigenvalue weighted by Crippen LogP contribution is 2.20. The van der Waals surface area contributed by atoms with E-state index in [9.17, 15) is 4.79 Å². The first-order valence-electron chi connectivity index (χ1n) is 4.01. The van der Waals surface area contributed by atoms with Crippen molar-refractivity contribution in [2.45, 2.75) is 25.4 Å². The highest BCUT2D eigenvalue weighted by molar-refractivity contribution is 5.77. The molecule has 0 bridgehead atoms. The van der Waals surface area contributed by atoms with Gasteiger partial charge in [-0.15, -0.1) is 0 Å². The molecule has 3 heteroatoms. The van der Waals surface area contributed by atoms with Crippen molar-refractivity contribution < 1.29 is 4.79 Å². The van der Waals surface area contributed by atoms with Gasteiger partial charge >= 0.3 is 6.03 Å². The van der Waals surface area contributed by atoms with Gasteiger partial charge in [-0.05, 0) is 12.3 Å². The second-order valence-electron chi connectivity index (χ2n) is 3.35. The molecule has 1 heterocycles. The van der Waals surface area contributed by atoms with Gasteiger partial charge in [0.2, 0.25) is 0 Å². The molecule has 0 aromatic rings. The molecule has 60 valence electrons. The molecule has 1 aliphatic carbocycles. The van der Waals surface area contributed by atoms with Crippen LogP contribution < -0.4 is 10.6 Å². The van der Waals surface area contributed by atoms with Crippen molar-refractivity contribution in [3.63, 3.8) is 0 Å². The van der Waals surface area contributed by atoms with E-state index in [4.69, 9.17) is 0 Å². The van der Waals surface area contributed by atoms with Crippen molar-refractivity contribution >= 4 is 6.03 Å². The van der Waals surface area contributed by atoms with E-state index in [2.05, 4.69) is 29.7 Å². The molecular formula is C8H12N2O. The number of urea groups is 1. The summed E-state index contributed by atoms with van der Waals surface area (Å²) < 4.78 is 0. The minimum Gasteiger partial charge on any atom is -0.333 e. The average Bonchev–Trinajstić information content (AvgIpc) is 2.27. The van der Waals surface area contributed by atoms with Crippen LogP contribution in [0.25, 0.3) is 0 Å². The number of hydrogen-bond acceptors (Lipinski definition) is 1. The molecule has 3 unspecified atom stereocenters. The van der Waals surface area contributed by atoms with Crippen LogP contribution in [0.5, 0.6) is 0 Å². The fourth-order valence-corrected chi connectivity index (χ4v) is 1.73. The van der Waals surface area contributed by atoms with Gasteiger partial charge in [-0.25, -0.2) is 4.79 Å². The second-order valence-corrected chi connectivity index (χ2v) is 3.35. The van der Waals surface area contributed by atoms with Crippen molar-refractivity contribution in [2.24, 2.45) is 5.92 Å². The monoisotopic (exact) mass is 152 g/mol. The maximum Gasteiger partial charge on any atom is 0.315 e. The van der Waals surface area contributed by atoms with Crippen LogP contribution in [0, 0.1) is 5.92 Å². The maximum absolute atomic E-state index is 10.9. The molecule has 2 rings (SSSR count). The Bertz CT molecular complexity index is 212. The third kappa shape index (κ3) is 1.11. The number of hydrogen-bond donors (Lipinski definition) is 2. The van der Waals surface area contributed by atoms with Gasteiger partial charge in [-0.2, -0.15) is 0 Å². The van der Waals surface area contributed by atoms with Gasteiger partial charge in [0.1, 0.15) is 0 Å². The molecule has 0 radical (unpaired) electrons. The van der Waals surface area contributed by atoms with Crippen LogP contribution in [-0.4, -0.2) is 18.1 Å². The Morgan fingerprint density at radius 1 is 1.45 bits per heavy atom. The molecule has 2 N–H and O–H groups in total. The Labute approximate surface area is 65.9 Å². The molecule has 3 atom stereocenters. The smallest absolute Gasteiger partial charge is 0.315 e. The Hall–Kier alpha value is -0.990. The predicted octanol–water partition coefficient (Wildman–Crippen LogP) is 0.632. The number of rotatable bonds is 0. The standard InChI is InChI=1S/C8H12N2O/c1-5-2-3-6-7(4-5)10-8(11)9-6/h2-3,5-7H,4H2,1H3,(H2,9,10,11). The molecular weight excluding hydrogens is 140 g/mol. The summed E-state index contributed by atoms with van der Waals surface area (Å²) in [5.41, 5.74) is 0. The van der Waals surface area contributed by atoms with E-state index in [-0.39, 0.29) is 12.1 Å². The Kier molecular flexibility index (Phi) is 1.37. The van der Waals surface area contributed by atoms with Crippen LogP contribution in [0.4, 0.5) is 4.79 Å². The Morgan fingerprint density at radius 2 is 2.27 bits per heavy atom. The Morgan fingerprint density at radius 3 is 3.09 bits per heavy atom. The van der Waals surface area contributed by atoms with E-state index < -0.39 is 0 Å². The van der Waals surface area contributed by atoms with Crippen LogP contribution in [0.2, 0.25) is 0 Å². The average molecular weight is 152 g/mol. The number of nitrogens with one attached hydrogen (secondary N) is 2. The van der Waals surface area contributed by atoms with Gasteiger partial charge in [-0.1, -0.05) is 19.1 Å². The first-order chi connectivity index (χ1) is 5.25. The van der Waals surface area contributed by atoms with Crippen LogP contribution in [0.15, 0.2) is 12.2 Å². The summed E-state index contributed by atoms with van der Waals surface area (Å²) in [4.78, 5) is 10.9. The molecule has 0 saturated carbocycles. The molecule has 2 aliphatic rings. The number of carbonyl (C=O) groups is 1. The summed E-state index contributed by atoms with van der Waals surface area (Å²) in [5, 5.41) is 5.72. The van der Waals surface area contributed by atoms with Crippen LogP contribution in [-0.2, 0) is 0 Å². The summed E-state index contributed by atoms with van der Waals surface area (Å²) in [6.07, 6.45) is 5.30. The summed E-state index contributed by atoms with van der Waals surface area (Å²) >= 11 is 0. The van der Waals surface area contributed by atoms with Gasteiger partial charge in [0.25, 0.3) is 0 Å². The van der Waals surface area contributed by atoms with E-state index in [0.717, 1.165) is 6.42 Å². The van der Waals surface area contributed by atoms with Crippen LogP contribution in [0.3, 0.4) is 0 Å². The van der Waals surface area contributed by atoms with Crippen molar-refractivity contribution in [1.82, 2.24) is 10.6 Å². The summed E-state index contributed by atoms with van der Waals surface area (Å²) in [6, 6.07) is 0.528. The number of amides is 2. The second kappa shape index (κ2) is 2.26. The maximum atomic E-state index is 10.9. The van der Waals surface area contributed by atoms with Crippen LogP contribution in [0.1, 0.15) is 13.3 Å². The largest absolute Gasteiger partial charge is 0.333 e. The van der Waals surface area contributed by atoms with Gasteiger partial charge in [-0.3, -0.25) is 0 Å². The van der Waals surface area contributed by atoms with Crippen molar-refractivity contribution in [1.29, 1.82) is 0 Å². The zero-order chi connectivity index (χ0) is 7.84. The number of allylic oxidation sites excluding steroid dienone is 1. The van der Waals surface area contributed by atoms with Gasteiger partial charge in [0.05, 0.1) is 12.1 Å². The van der Waals surface area contributed by atoms with Crippen molar-refractivity contribution in [3.05, 3.63) is 12.2 Å². The zero-order valence-electron chi connectivity index (χ0n) is 6.50. The number of fused-ring (bicyclic) bond motifs is 1. The zero-order valence-corrected chi connectivity index (χ0v) is 6.50. The van der Waals surface area contributed by atoms with Gasteiger partial charge in [0.15, 0.2) is 0 Å². The highest BCUT2D eigenvalue weighted by atomic mass is 16.2. The molecule has 0 aromatic carbocycles. The van der Waals surface area contributed by atoms with E-state index in [1.165, 1.54) is 0 Å². The predicted molar refractivity (Wildman–Crippen MR) is 42.2 cm³/mol. The lowest BCUT2D eigenvalue weighted by Gasteiger charge is -2.22. The van der Waals surface area contributed by atoms with E-state index in [0.29, 0.717) is 12.0 Å². The molecule has 3 nitrogen and oxygen atoms in total. The minimum absolute atomic E-state index is 0.0289. The quantitative estimate of drug-likeness (QED) is 0.491. The first-order valence-corrected chi connectivity index (χ1v) is 4.01. The molecule has 1 saturated heterocycles. The fourth-order valence-electron chi connectivity index (χ4n) is 1.73. The molecule has 1 aliphatic heterocycles. The SMILES string of the molecule is CC1C=CC2NC(=O)NC2C1. The molecule has 0 aromatic heterocycles. The summed E-state index contributed by atoms with van der Waals surface area (Å²) in [5.74, 6) is 0.594. The van der Waals surface area contributed by atoms with E-state index in [1.807, 2.05) is 0 Å². The van der Waals surface area contributed by atoms with Crippen molar-refractivity contribution in [3.8, 4) is 0 Å². The van der Waals surface area contributed by atoms with E-state index in [1.54, 1.807) is 0 Å². The molecule has 0 spiro atoms. The highest BCUT2D eigenvalue weighted by Gasteiger charge is 2.32. The van der Waals surface area contributed by atoms with Gasteiger partial charge < -0.3 is 10.6 Å². The summed E-state index contributed by atoms with van der Waals surface area (Å²) in [7, 11) is 0. The van der Waals surface area contributed by atoms with E-state index >= 15 is 0 Å². The lowest BCUT2D eigenvalue weighted by atomic mass is 9.91. The fraction of sp³-hybridized carbons (Fsp3) is 0.625. The third-order valence-corrected chi connectivity index (χ3v) is 2.32. The summed E-state index contributed by atoms with van der Waals surface area (Å²) in [6.45, 7) is 2.16. The Balaban J connectivity index is 2.13. The van der Waals surface area contributed by atoms with Crippen molar-refractivity contribution in [2.75, 3.05) is 0 Å². The topological polar surface area (TPSA) is 41.1 Å². The third-order valence-electron chi connectivity index (χ3n) is 2.32. The first kappa shape index (κ1) is 6.70. The van der Waals surface area contributed by atoms with Gasteiger partial charge in [0, 0.05) is 0 Å². The number of carbonyl (C=O) groups excluding carboxylic acids is 1. The molecule has 2 amide bonds. The lowest BCUT2D eigenvalue weighted by molar-refractivity contribution is 0.247. The minimum atomic E-state index is -0.0289. The lowest BCUT2D eigenvalue weighted by Crippen LogP contribution is -2.35. The molecule has 1 fully saturated rings. The normalized spacial score (nSPS) is 41.2. The van der Waals surface area contributed by atoms with Crippen LogP contribution >= 0.6 is 0 Å². The molecule has 11 heavy (non-hydrogen) atoms.